The summed E-state index contributed by atoms with van der Waals surface area (Å²) in [7, 11) is 0. The van der Waals surface area contributed by atoms with E-state index in [0.29, 0.717) is 41.7 Å². The molecule has 1 heterocycles. The van der Waals surface area contributed by atoms with Gasteiger partial charge in [0.05, 0.1) is 19.1 Å². The number of anilines is 1. The third-order valence-electron chi connectivity index (χ3n) is 4.60. The van der Waals surface area contributed by atoms with Crippen molar-refractivity contribution in [2.75, 3.05) is 18.9 Å². The van der Waals surface area contributed by atoms with Crippen molar-refractivity contribution < 1.29 is 14.2 Å². The number of nitrogens with two attached hydrogens (primary N) is 2. The van der Waals surface area contributed by atoms with Crippen molar-refractivity contribution in [3.8, 4) is 23.3 Å². The molecule has 28 heavy (non-hydrogen) atoms. The molecule has 0 amide bonds. The van der Waals surface area contributed by atoms with Gasteiger partial charge in [-0.25, -0.2) is 0 Å². The summed E-state index contributed by atoms with van der Waals surface area (Å²) in [6.45, 7) is 5.18. The molecule has 146 valence electrons. The molecule has 1 atom stereocenters. The van der Waals surface area contributed by atoms with Crippen LogP contribution in [0.15, 0.2) is 47.9 Å². The molecule has 1 aliphatic heterocycles. The highest BCUT2D eigenvalue weighted by molar-refractivity contribution is 5.60. The van der Waals surface area contributed by atoms with Crippen LogP contribution in [0.25, 0.3) is 0 Å². The van der Waals surface area contributed by atoms with Crippen LogP contribution in [-0.2, 0) is 0 Å². The largest absolute Gasteiger partial charge is 0.490 e. The van der Waals surface area contributed by atoms with Gasteiger partial charge in [-0.05, 0) is 37.1 Å². The number of nitrogens with zero attached hydrogens (tertiary/aromatic N) is 1. The van der Waals surface area contributed by atoms with Crippen molar-refractivity contribution in [2.45, 2.75) is 32.6 Å². The summed E-state index contributed by atoms with van der Waals surface area (Å²) in [5.74, 6) is 1.63. The minimum Gasteiger partial charge on any atom is -0.490 e. The molecule has 0 aromatic heterocycles. The van der Waals surface area contributed by atoms with E-state index in [4.69, 9.17) is 25.7 Å². The van der Waals surface area contributed by atoms with E-state index in [2.05, 4.69) is 13.0 Å². The quantitative estimate of drug-likeness (QED) is 0.555. The summed E-state index contributed by atoms with van der Waals surface area (Å²) in [6, 6.07) is 13.3. The summed E-state index contributed by atoms with van der Waals surface area (Å²) in [5, 5.41) is 9.70. The van der Waals surface area contributed by atoms with Gasteiger partial charge in [0.1, 0.15) is 17.4 Å². The first-order valence-electron chi connectivity index (χ1n) is 9.45. The van der Waals surface area contributed by atoms with Gasteiger partial charge >= 0.3 is 0 Å². The molecule has 0 aliphatic carbocycles. The fourth-order valence-electron chi connectivity index (χ4n) is 3.23. The van der Waals surface area contributed by atoms with Crippen molar-refractivity contribution in [1.82, 2.24) is 0 Å². The van der Waals surface area contributed by atoms with Crippen molar-refractivity contribution >= 4 is 5.69 Å². The van der Waals surface area contributed by atoms with E-state index >= 15 is 0 Å². The zero-order chi connectivity index (χ0) is 20.1. The summed E-state index contributed by atoms with van der Waals surface area (Å²) < 4.78 is 17.3. The van der Waals surface area contributed by atoms with Gasteiger partial charge in [0.2, 0.25) is 5.88 Å². The second-order valence-corrected chi connectivity index (χ2v) is 6.56. The summed E-state index contributed by atoms with van der Waals surface area (Å²) in [6.07, 6.45) is 2.03. The van der Waals surface area contributed by atoms with Gasteiger partial charge in [-0.2, -0.15) is 5.26 Å². The Labute approximate surface area is 165 Å². The highest BCUT2D eigenvalue weighted by Crippen LogP contribution is 2.44. The average Bonchev–Trinajstić information content (AvgIpc) is 2.68. The molecule has 6 nitrogen and oxygen atoms in total. The minimum atomic E-state index is -0.363. The summed E-state index contributed by atoms with van der Waals surface area (Å²) in [4.78, 5) is 0. The number of rotatable bonds is 7. The third-order valence-corrected chi connectivity index (χ3v) is 4.60. The first-order chi connectivity index (χ1) is 13.6. The number of hydrogen-bond acceptors (Lipinski definition) is 6. The van der Waals surface area contributed by atoms with Crippen LogP contribution in [0.5, 0.6) is 17.2 Å². The van der Waals surface area contributed by atoms with Gasteiger partial charge in [0.25, 0.3) is 0 Å². The van der Waals surface area contributed by atoms with E-state index in [-0.39, 0.29) is 11.8 Å². The van der Waals surface area contributed by atoms with E-state index in [0.717, 1.165) is 24.0 Å². The Morgan fingerprint density at radius 2 is 1.89 bits per heavy atom. The molecule has 0 fully saturated rings. The Morgan fingerprint density at radius 1 is 1.07 bits per heavy atom. The third kappa shape index (κ3) is 3.84. The maximum atomic E-state index is 9.70. The van der Waals surface area contributed by atoms with Crippen molar-refractivity contribution in [3.63, 3.8) is 0 Å². The molecular formula is C22H25N3O3. The second kappa shape index (κ2) is 8.57. The first-order valence-corrected chi connectivity index (χ1v) is 9.45. The molecule has 2 aromatic carbocycles. The highest BCUT2D eigenvalue weighted by Gasteiger charge is 2.31. The number of fused-ring (bicyclic) bond motifs is 1. The second-order valence-electron chi connectivity index (χ2n) is 6.56. The van der Waals surface area contributed by atoms with E-state index in [1.165, 1.54) is 0 Å². The van der Waals surface area contributed by atoms with Crippen LogP contribution >= 0.6 is 0 Å². The predicted octanol–water partition coefficient (Wildman–Crippen LogP) is 4.06. The number of hydrogen-bond donors (Lipinski definition) is 2. The Balaban J connectivity index is 2.06. The molecule has 4 N–H and O–H groups in total. The maximum Gasteiger partial charge on any atom is 0.205 e. The van der Waals surface area contributed by atoms with Gasteiger partial charge in [-0.1, -0.05) is 25.5 Å². The minimum absolute atomic E-state index is 0.0897. The van der Waals surface area contributed by atoms with Crippen molar-refractivity contribution in [3.05, 3.63) is 59.0 Å². The van der Waals surface area contributed by atoms with E-state index < -0.39 is 0 Å². The smallest absolute Gasteiger partial charge is 0.205 e. The van der Waals surface area contributed by atoms with E-state index in [9.17, 15) is 5.26 Å². The number of allylic oxidation sites excluding steroid dienone is 1. The number of nitrogen functional groups attached to an aromatic ring is 1. The van der Waals surface area contributed by atoms with Crippen molar-refractivity contribution in [1.29, 1.82) is 5.26 Å². The lowest BCUT2D eigenvalue weighted by atomic mass is 9.83. The molecule has 0 saturated carbocycles. The molecular weight excluding hydrogens is 354 g/mol. The van der Waals surface area contributed by atoms with Crippen molar-refractivity contribution in [2.24, 2.45) is 5.73 Å². The van der Waals surface area contributed by atoms with Gasteiger partial charge in [-0.3, -0.25) is 0 Å². The Bertz CT molecular complexity index is 931. The van der Waals surface area contributed by atoms with Crippen LogP contribution in [0.2, 0.25) is 0 Å². The molecule has 1 aliphatic rings. The Hall–Kier alpha value is -3.33. The highest BCUT2D eigenvalue weighted by atomic mass is 16.5. The number of unbranched alkanes of at least 4 members (excludes halogenated alkanes) is 1. The average molecular weight is 379 g/mol. The van der Waals surface area contributed by atoms with Gasteiger partial charge in [0.15, 0.2) is 11.5 Å². The SMILES string of the molecule is CCCCOc1ccc(C2C(C#N)=C(N)Oc3cc(N)ccc32)cc1OCC. The lowest BCUT2D eigenvalue weighted by Crippen LogP contribution is -2.21. The van der Waals surface area contributed by atoms with Crippen LogP contribution in [0.1, 0.15) is 43.7 Å². The number of ether oxygens (including phenoxy) is 3. The molecule has 0 radical (unpaired) electrons. The normalized spacial score (nSPS) is 15.4. The maximum absolute atomic E-state index is 9.70. The van der Waals surface area contributed by atoms with Crippen LogP contribution in [-0.4, -0.2) is 13.2 Å². The molecule has 2 aromatic rings. The molecule has 0 spiro atoms. The van der Waals surface area contributed by atoms with E-state index in [1.54, 1.807) is 12.1 Å². The van der Waals surface area contributed by atoms with Gasteiger partial charge in [-0.15, -0.1) is 0 Å². The van der Waals surface area contributed by atoms with Gasteiger partial charge in [0, 0.05) is 17.3 Å². The molecule has 1 unspecified atom stereocenters. The first kappa shape index (κ1) is 19.4. The number of nitriles is 1. The monoisotopic (exact) mass is 379 g/mol. The fraction of sp³-hybridized carbons (Fsp3) is 0.318. The molecule has 6 heteroatoms. The summed E-state index contributed by atoms with van der Waals surface area (Å²) >= 11 is 0. The van der Waals surface area contributed by atoms with E-state index in [1.807, 2.05) is 31.2 Å². The standard InChI is InChI=1S/C22H25N3O3/c1-3-5-10-27-18-9-6-14(11-20(18)26-4-2)21-16-8-7-15(24)12-19(16)28-22(25)17(21)13-23/h6-9,11-12,21H,3-5,10,24-25H2,1-2H3. The lowest BCUT2D eigenvalue weighted by Gasteiger charge is -2.27. The van der Waals surface area contributed by atoms with Crippen LogP contribution < -0.4 is 25.7 Å². The topological polar surface area (TPSA) is 104 Å². The van der Waals surface area contributed by atoms with Crippen LogP contribution in [0.3, 0.4) is 0 Å². The molecule has 0 saturated heterocycles. The summed E-state index contributed by atoms with van der Waals surface area (Å²) in [5.41, 5.74) is 14.6. The Kier molecular flexibility index (Phi) is 5.95. The predicted molar refractivity (Wildman–Crippen MR) is 108 cm³/mol. The van der Waals surface area contributed by atoms with Crippen LogP contribution in [0, 0.1) is 11.3 Å². The molecule has 0 bridgehead atoms. The zero-order valence-corrected chi connectivity index (χ0v) is 16.2. The fourth-order valence-corrected chi connectivity index (χ4v) is 3.23. The lowest BCUT2D eigenvalue weighted by molar-refractivity contribution is 0.272. The Morgan fingerprint density at radius 3 is 2.61 bits per heavy atom. The molecule has 3 rings (SSSR count). The zero-order valence-electron chi connectivity index (χ0n) is 16.2. The van der Waals surface area contributed by atoms with Gasteiger partial charge < -0.3 is 25.7 Å². The van der Waals surface area contributed by atoms with Crippen LogP contribution in [0.4, 0.5) is 5.69 Å². The number of benzene rings is 2.